The minimum Gasteiger partial charge on any atom is -0.334 e. The summed E-state index contributed by atoms with van der Waals surface area (Å²) in [6.07, 6.45) is 4.92. The molecule has 2 aromatic rings. The van der Waals surface area contributed by atoms with Gasteiger partial charge in [-0.05, 0) is 43.7 Å². The number of hydrogen-bond acceptors (Lipinski definition) is 2. The maximum absolute atomic E-state index is 6.15. The van der Waals surface area contributed by atoms with Crippen LogP contribution in [0.15, 0.2) is 35.1 Å². The number of aryl methyl sites for hydroxylation is 1. The van der Waals surface area contributed by atoms with Crippen molar-refractivity contribution in [1.82, 2.24) is 14.9 Å². The average Bonchev–Trinajstić information content (AvgIpc) is 2.91. The summed E-state index contributed by atoms with van der Waals surface area (Å²) in [5, 5.41) is 4.30. The van der Waals surface area contributed by atoms with Gasteiger partial charge in [0.25, 0.3) is 0 Å². The largest absolute Gasteiger partial charge is 0.334 e. The van der Waals surface area contributed by atoms with Gasteiger partial charge in [0.1, 0.15) is 5.82 Å². The van der Waals surface area contributed by atoms with Crippen LogP contribution in [-0.2, 0) is 6.54 Å². The number of nitrogens with zero attached hydrogens (tertiary/aromatic N) is 2. The molecule has 2 rings (SSSR count). The van der Waals surface area contributed by atoms with Crippen molar-refractivity contribution in [1.29, 1.82) is 0 Å². The number of imidazole rings is 1. The van der Waals surface area contributed by atoms with Gasteiger partial charge in [-0.15, -0.1) is 0 Å². The highest BCUT2D eigenvalue weighted by Gasteiger charge is 2.20. The summed E-state index contributed by atoms with van der Waals surface area (Å²) in [4.78, 5) is 4.52. The molecule has 1 N–H and O–H groups in total. The molecular formula is C15H19BrClN3. The van der Waals surface area contributed by atoms with Crippen LogP contribution in [0, 0.1) is 0 Å². The highest BCUT2D eigenvalue weighted by molar-refractivity contribution is 9.10. The van der Waals surface area contributed by atoms with Gasteiger partial charge in [0.2, 0.25) is 0 Å². The van der Waals surface area contributed by atoms with E-state index >= 15 is 0 Å². The van der Waals surface area contributed by atoms with E-state index in [1.165, 1.54) is 0 Å². The molecule has 1 heterocycles. The third kappa shape index (κ3) is 3.43. The molecule has 1 aromatic carbocycles. The topological polar surface area (TPSA) is 29.9 Å². The van der Waals surface area contributed by atoms with Crippen molar-refractivity contribution in [2.45, 2.75) is 32.9 Å². The highest BCUT2D eigenvalue weighted by Crippen LogP contribution is 2.30. The van der Waals surface area contributed by atoms with Gasteiger partial charge in [-0.1, -0.05) is 34.5 Å². The molecule has 1 aromatic heterocycles. The lowest BCUT2D eigenvalue weighted by Gasteiger charge is -2.21. The minimum atomic E-state index is 0.0398. The van der Waals surface area contributed by atoms with Gasteiger partial charge in [0.05, 0.1) is 6.04 Å². The molecule has 0 bridgehead atoms. The van der Waals surface area contributed by atoms with E-state index in [4.69, 9.17) is 11.6 Å². The Bertz CT molecular complexity index is 568. The first-order valence-corrected chi connectivity index (χ1v) is 8.03. The van der Waals surface area contributed by atoms with Gasteiger partial charge in [-0.2, -0.15) is 0 Å². The third-order valence-corrected chi connectivity index (χ3v) is 4.17. The van der Waals surface area contributed by atoms with Gasteiger partial charge < -0.3 is 9.88 Å². The quantitative estimate of drug-likeness (QED) is 0.831. The summed E-state index contributed by atoms with van der Waals surface area (Å²) in [6, 6.07) is 5.90. The molecular weight excluding hydrogens is 338 g/mol. The van der Waals surface area contributed by atoms with E-state index in [-0.39, 0.29) is 6.04 Å². The van der Waals surface area contributed by atoms with Gasteiger partial charge in [0, 0.05) is 28.4 Å². The van der Waals surface area contributed by atoms with Crippen molar-refractivity contribution in [2.24, 2.45) is 0 Å². The Labute approximate surface area is 133 Å². The van der Waals surface area contributed by atoms with E-state index in [0.29, 0.717) is 0 Å². The molecule has 0 fully saturated rings. The zero-order valence-electron chi connectivity index (χ0n) is 11.7. The molecule has 0 aliphatic heterocycles. The molecule has 0 saturated heterocycles. The fourth-order valence-corrected chi connectivity index (χ4v) is 2.87. The molecule has 0 saturated carbocycles. The number of rotatable bonds is 6. The van der Waals surface area contributed by atoms with Crippen molar-refractivity contribution < 1.29 is 0 Å². The van der Waals surface area contributed by atoms with Crippen LogP contribution in [0.5, 0.6) is 0 Å². The summed E-state index contributed by atoms with van der Waals surface area (Å²) < 4.78 is 3.20. The van der Waals surface area contributed by atoms with Gasteiger partial charge >= 0.3 is 0 Å². The number of aromatic nitrogens is 2. The molecule has 1 atom stereocenters. The van der Waals surface area contributed by atoms with E-state index in [9.17, 15) is 0 Å². The Hall–Kier alpha value is -0.840. The third-order valence-electron chi connectivity index (χ3n) is 3.21. The lowest BCUT2D eigenvalue weighted by Crippen LogP contribution is -2.26. The monoisotopic (exact) mass is 355 g/mol. The number of halogens is 2. The van der Waals surface area contributed by atoms with Crippen molar-refractivity contribution in [3.05, 3.63) is 51.5 Å². The van der Waals surface area contributed by atoms with E-state index in [1.807, 2.05) is 30.6 Å². The predicted octanol–water partition coefficient (Wildman–Crippen LogP) is 4.41. The summed E-state index contributed by atoms with van der Waals surface area (Å²) in [6.45, 7) is 6.11. The maximum Gasteiger partial charge on any atom is 0.130 e. The van der Waals surface area contributed by atoms with E-state index < -0.39 is 0 Å². The fraction of sp³-hybridized carbons (Fsp3) is 0.400. The summed E-state index contributed by atoms with van der Waals surface area (Å²) >= 11 is 9.77. The van der Waals surface area contributed by atoms with Crippen LogP contribution in [0.1, 0.15) is 37.7 Å². The molecule has 0 spiro atoms. The second-order valence-electron chi connectivity index (χ2n) is 4.62. The molecule has 0 amide bonds. The fourth-order valence-electron chi connectivity index (χ4n) is 2.21. The smallest absolute Gasteiger partial charge is 0.130 e. The first kappa shape index (κ1) is 15.5. The predicted molar refractivity (Wildman–Crippen MR) is 87.2 cm³/mol. The average molecular weight is 357 g/mol. The molecule has 20 heavy (non-hydrogen) atoms. The number of hydrogen-bond donors (Lipinski definition) is 1. The first-order valence-electron chi connectivity index (χ1n) is 6.86. The number of benzene rings is 1. The highest BCUT2D eigenvalue weighted by atomic mass is 79.9. The van der Waals surface area contributed by atoms with E-state index in [0.717, 1.165) is 40.4 Å². The van der Waals surface area contributed by atoms with Crippen LogP contribution in [0.2, 0.25) is 5.02 Å². The Balaban J connectivity index is 2.44. The standard InChI is InChI=1S/C15H19BrClN3/c1-3-7-18-14(15-19-8-9-20(15)4-2)12-10-11(17)5-6-13(12)16/h5-6,8-10,14,18H,3-4,7H2,1-2H3. The van der Waals surface area contributed by atoms with Gasteiger partial charge in [-0.3, -0.25) is 0 Å². The zero-order chi connectivity index (χ0) is 14.5. The van der Waals surface area contributed by atoms with Crippen LogP contribution in [0.3, 0.4) is 0 Å². The van der Waals surface area contributed by atoms with Crippen LogP contribution < -0.4 is 5.32 Å². The van der Waals surface area contributed by atoms with Gasteiger partial charge in [0.15, 0.2) is 0 Å². The minimum absolute atomic E-state index is 0.0398. The second kappa shape index (κ2) is 7.25. The lowest BCUT2D eigenvalue weighted by molar-refractivity contribution is 0.540. The Morgan fingerprint density at radius 2 is 2.20 bits per heavy atom. The van der Waals surface area contributed by atoms with Crippen LogP contribution in [0.4, 0.5) is 0 Å². The second-order valence-corrected chi connectivity index (χ2v) is 5.92. The van der Waals surface area contributed by atoms with Crippen LogP contribution in [0.25, 0.3) is 0 Å². The molecule has 5 heteroatoms. The molecule has 3 nitrogen and oxygen atoms in total. The van der Waals surface area contributed by atoms with Crippen molar-refractivity contribution in [3.63, 3.8) is 0 Å². The SMILES string of the molecule is CCCNC(c1cc(Cl)ccc1Br)c1nccn1CC. The summed E-state index contributed by atoms with van der Waals surface area (Å²) in [5.74, 6) is 1.02. The van der Waals surface area contributed by atoms with Crippen molar-refractivity contribution in [3.8, 4) is 0 Å². The number of nitrogens with one attached hydrogen (secondary N) is 1. The molecule has 1 unspecified atom stereocenters. The first-order chi connectivity index (χ1) is 9.67. The zero-order valence-corrected chi connectivity index (χ0v) is 14.1. The molecule has 108 valence electrons. The lowest BCUT2D eigenvalue weighted by atomic mass is 10.1. The van der Waals surface area contributed by atoms with Crippen molar-refractivity contribution >= 4 is 27.5 Å². The molecule has 0 radical (unpaired) electrons. The molecule has 0 aliphatic carbocycles. The Morgan fingerprint density at radius 3 is 2.90 bits per heavy atom. The normalized spacial score (nSPS) is 12.6. The maximum atomic E-state index is 6.15. The van der Waals surface area contributed by atoms with Crippen LogP contribution in [-0.4, -0.2) is 16.1 Å². The molecule has 0 aliphatic rings. The van der Waals surface area contributed by atoms with E-state index in [2.05, 4.69) is 44.6 Å². The summed E-state index contributed by atoms with van der Waals surface area (Å²) in [5.41, 5.74) is 1.12. The van der Waals surface area contributed by atoms with Crippen molar-refractivity contribution in [2.75, 3.05) is 6.54 Å². The summed E-state index contributed by atoms with van der Waals surface area (Å²) in [7, 11) is 0. The van der Waals surface area contributed by atoms with E-state index in [1.54, 1.807) is 0 Å². The Kier molecular flexibility index (Phi) is 5.64. The Morgan fingerprint density at radius 1 is 1.40 bits per heavy atom. The van der Waals surface area contributed by atoms with Gasteiger partial charge in [-0.25, -0.2) is 4.98 Å². The van der Waals surface area contributed by atoms with Crippen LogP contribution >= 0.6 is 27.5 Å².